The first kappa shape index (κ1) is 19.6. The van der Waals surface area contributed by atoms with E-state index in [2.05, 4.69) is 52.3 Å². The molecule has 0 spiro atoms. The molecule has 0 fully saturated rings. The number of guanidine groups is 1. The predicted octanol–water partition coefficient (Wildman–Crippen LogP) is 4.06. The molecule has 0 saturated heterocycles. The van der Waals surface area contributed by atoms with Crippen LogP contribution in [0.15, 0.2) is 27.7 Å². The van der Waals surface area contributed by atoms with Crippen LogP contribution >= 0.6 is 39.9 Å². The van der Waals surface area contributed by atoms with Crippen LogP contribution in [-0.4, -0.2) is 18.0 Å². The molecule has 2 N–H and O–H groups in total. The molecule has 0 radical (unpaired) electrons. The van der Waals surface area contributed by atoms with Crippen molar-refractivity contribution in [3.63, 3.8) is 0 Å². The standard InChI is InChI=1S/C14H21BrFN3.HI/c1-5-17-13(19-14(2,3)4)18-9-10-6-7-11(15)8-12(10)16;/h6-8H,5,9H2,1-4H3,(H2,17,18,19);1H. The molecule has 1 aromatic rings. The van der Waals surface area contributed by atoms with Gasteiger partial charge in [-0.05, 0) is 39.8 Å². The molecule has 0 atom stereocenters. The smallest absolute Gasteiger partial charge is 0.191 e. The highest BCUT2D eigenvalue weighted by molar-refractivity contribution is 14.0. The van der Waals surface area contributed by atoms with Gasteiger partial charge < -0.3 is 10.6 Å². The van der Waals surface area contributed by atoms with E-state index in [1.165, 1.54) is 6.07 Å². The fourth-order valence-electron chi connectivity index (χ4n) is 1.48. The molecule has 3 nitrogen and oxygen atoms in total. The summed E-state index contributed by atoms with van der Waals surface area (Å²) in [6.07, 6.45) is 0. The second kappa shape index (κ2) is 8.81. The number of benzene rings is 1. The van der Waals surface area contributed by atoms with Crippen molar-refractivity contribution in [2.24, 2.45) is 4.99 Å². The summed E-state index contributed by atoms with van der Waals surface area (Å²) in [5.41, 5.74) is 0.494. The number of halogens is 3. The molecule has 6 heteroatoms. The van der Waals surface area contributed by atoms with Crippen LogP contribution < -0.4 is 10.6 Å². The largest absolute Gasteiger partial charge is 0.357 e. The lowest BCUT2D eigenvalue weighted by Crippen LogP contribution is -2.47. The van der Waals surface area contributed by atoms with Crippen LogP contribution in [0.4, 0.5) is 4.39 Å². The lowest BCUT2D eigenvalue weighted by molar-refractivity contribution is 0.501. The third kappa shape index (κ3) is 7.42. The summed E-state index contributed by atoms with van der Waals surface area (Å²) in [6, 6.07) is 5.01. The lowest BCUT2D eigenvalue weighted by Gasteiger charge is -2.23. The Hall–Kier alpha value is -0.370. The SMILES string of the molecule is CCNC(=NCc1ccc(Br)cc1F)NC(C)(C)C.I. The number of rotatable bonds is 3. The van der Waals surface area contributed by atoms with E-state index in [-0.39, 0.29) is 35.3 Å². The van der Waals surface area contributed by atoms with Gasteiger partial charge in [0, 0.05) is 22.1 Å². The number of nitrogens with zero attached hydrogens (tertiary/aromatic N) is 1. The first-order valence-corrected chi connectivity index (χ1v) is 7.11. The molecule has 0 bridgehead atoms. The molecule has 114 valence electrons. The van der Waals surface area contributed by atoms with E-state index in [1.807, 2.05) is 13.0 Å². The molecule has 20 heavy (non-hydrogen) atoms. The highest BCUT2D eigenvalue weighted by Crippen LogP contribution is 2.15. The Morgan fingerprint density at radius 2 is 2.00 bits per heavy atom. The summed E-state index contributed by atoms with van der Waals surface area (Å²) < 4.78 is 14.4. The van der Waals surface area contributed by atoms with Crippen molar-refractivity contribution in [2.75, 3.05) is 6.54 Å². The molecular weight excluding hydrogens is 436 g/mol. The maximum absolute atomic E-state index is 13.7. The Morgan fingerprint density at radius 3 is 2.50 bits per heavy atom. The Bertz CT molecular complexity index is 458. The molecule has 0 aliphatic carbocycles. The zero-order valence-electron chi connectivity index (χ0n) is 12.3. The summed E-state index contributed by atoms with van der Waals surface area (Å²) >= 11 is 3.24. The first-order chi connectivity index (χ1) is 8.81. The van der Waals surface area contributed by atoms with Crippen LogP contribution in [0.2, 0.25) is 0 Å². The van der Waals surface area contributed by atoms with Crippen molar-refractivity contribution in [3.05, 3.63) is 34.1 Å². The summed E-state index contributed by atoms with van der Waals surface area (Å²) in [5, 5.41) is 6.41. The van der Waals surface area contributed by atoms with Gasteiger partial charge >= 0.3 is 0 Å². The maximum Gasteiger partial charge on any atom is 0.191 e. The van der Waals surface area contributed by atoms with Crippen molar-refractivity contribution in [3.8, 4) is 0 Å². The topological polar surface area (TPSA) is 36.4 Å². The predicted molar refractivity (Wildman–Crippen MR) is 97.2 cm³/mol. The molecule has 0 amide bonds. The lowest BCUT2D eigenvalue weighted by atomic mass is 10.1. The third-order valence-corrected chi connectivity index (χ3v) is 2.75. The summed E-state index contributed by atoms with van der Waals surface area (Å²) in [5.74, 6) is 0.446. The number of nitrogens with one attached hydrogen (secondary N) is 2. The van der Waals surface area contributed by atoms with Crippen LogP contribution in [0.25, 0.3) is 0 Å². The van der Waals surface area contributed by atoms with Crippen molar-refractivity contribution >= 4 is 45.9 Å². The average Bonchev–Trinajstić information content (AvgIpc) is 2.26. The molecule has 0 aliphatic heterocycles. The number of hydrogen-bond acceptors (Lipinski definition) is 1. The van der Waals surface area contributed by atoms with E-state index in [0.717, 1.165) is 11.0 Å². The molecule has 0 saturated carbocycles. The van der Waals surface area contributed by atoms with Gasteiger partial charge in [-0.15, -0.1) is 24.0 Å². The Balaban J connectivity index is 0.00000361. The van der Waals surface area contributed by atoms with Crippen molar-refractivity contribution in [1.82, 2.24) is 10.6 Å². The van der Waals surface area contributed by atoms with Crippen molar-refractivity contribution in [2.45, 2.75) is 39.8 Å². The minimum atomic E-state index is -0.246. The normalized spacial score (nSPS) is 11.8. The third-order valence-electron chi connectivity index (χ3n) is 2.26. The minimum absolute atomic E-state index is 0. The summed E-state index contributed by atoms with van der Waals surface area (Å²) in [7, 11) is 0. The van der Waals surface area contributed by atoms with E-state index in [9.17, 15) is 4.39 Å². The Labute approximate surface area is 146 Å². The number of hydrogen-bond donors (Lipinski definition) is 2. The Kier molecular flexibility index (Phi) is 8.65. The summed E-state index contributed by atoms with van der Waals surface area (Å²) in [4.78, 5) is 4.40. The van der Waals surface area contributed by atoms with Gasteiger partial charge in [0.25, 0.3) is 0 Å². The molecular formula is C14H22BrFIN3. The van der Waals surface area contributed by atoms with Gasteiger partial charge in [-0.25, -0.2) is 9.38 Å². The van der Waals surface area contributed by atoms with Gasteiger partial charge in [0.05, 0.1) is 6.54 Å². The van der Waals surface area contributed by atoms with Gasteiger partial charge in [-0.3, -0.25) is 0 Å². The molecule has 0 aromatic heterocycles. The van der Waals surface area contributed by atoms with Crippen molar-refractivity contribution < 1.29 is 4.39 Å². The van der Waals surface area contributed by atoms with Crippen LogP contribution in [-0.2, 0) is 6.54 Å². The van der Waals surface area contributed by atoms with Gasteiger partial charge in [0.15, 0.2) is 5.96 Å². The van der Waals surface area contributed by atoms with Gasteiger partial charge in [-0.2, -0.15) is 0 Å². The van der Waals surface area contributed by atoms with E-state index < -0.39 is 0 Å². The first-order valence-electron chi connectivity index (χ1n) is 6.32. The van der Waals surface area contributed by atoms with Crippen LogP contribution in [0, 0.1) is 5.82 Å². The van der Waals surface area contributed by atoms with Crippen molar-refractivity contribution in [1.29, 1.82) is 0 Å². The fraction of sp³-hybridized carbons (Fsp3) is 0.500. The molecule has 0 unspecified atom stereocenters. The van der Waals surface area contributed by atoms with E-state index >= 15 is 0 Å². The van der Waals surface area contributed by atoms with E-state index in [4.69, 9.17) is 0 Å². The molecule has 1 rings (SSSR count). The quantitative estimate of drug-likeness (QED) is 0.408. The van der Waals surface area contributed by atoms with Crippen LogP contribution in [0.5, 0.6) is 0 Å². The monoisotopic (exact) mass is 457 g/mol. The zero-order chi connectivity index (χ0) is 14.5. The molecule has 0 aliphatic rings. The van der Waals surface area contributed by atoms with Gasteiger partial charge in [0.1, 0.15) is 5.82 Å². The molecule has 1 aromatic carbocycles. The Morgan fingerprint density at radius 1 is 1.35 bits per heavy atom. The second-order valence-electron chi connectivity index (χ2n) is 5.31. The molecule has 0 heterocycles. The second-order valence-corrected chi connectivity index (χ2v) is 6.22. The highest BCUT2D eigenvalue weighted by Gasteiger charge is 2.11. The van der Waals surface area contributed by atoms with Crippen LogP contribution in [0.3, 0.4) is 0 Å². The van der Waals surface area contributed by atoms with Gasteiger partial charge in [-0.1, -0.05) is 22.0 Å². The number of aliphatic imine (C=N–C) groups is 1. The van der Waals surface area contributed by atoms with E-state index in [1.54, 1.807) is 6.07 Å². The minimum Gasteiger partial charge on any atom is -0.357 e. The maximum atomic E-state index is 13.7. The fourth-order valence-corrected chi connectivity index (χ4v) is 1.81. The average molecular weight is 458 g/mol. The van der Waals surface area contributed by atoms with Crippen LogP contribution in [0.1, 0.15) is 33.3 Å². The zero-order valence-corrected chi connectivity index (χ0v) is 16.2. The summed E-state index contributed by atoms with van der Waals surface area (Å²) in [6.45, 7) is 9.25. The van der Waals surface area contributed by atoms with Gasteiger partial charge in [0.2, 0.25) is 0 Å². The van der Waals surface area contributed by atoms with E-state index in [0.29, 0.717) is 18.1 Å². The highest BCUT2D eigenvalue weighted by atomic mass is 127.